The highest BCUT2D eigenvalue weighted by Gasteiger charge is 2.12. The Hall–Kier alpha value is -3.98. The first-order valence-electron chi connectivity index (χ1n) is 9.93. The van der Waals surface area contributed by atoms with Crippen molar-refractivity contribution in [1.82, 2.24) is 10.7 Å². The molecule has 3 N–H and O–H groups in total. The molecule has 33 heavy (non-hydrogen) atoms. The van der Waals surface area contributed by atoms with E-state index in [-0.39, 0.29) is 19.1 Å². The number of halogens is 1. The molecule has 168 valence electrons. The number of ether oxygens (including phenoxy) is 1. The van der Waals surface area contributed by atoms with Crippen LogP contribution in [0.4, 0.5) is 5.69 Å². The minimum absolute atomic E-state index is 0.217. The highest BCUT2D eigenvalue weighted by atomic mass is 79.9. The fourth-order valence-corrected chi connectivity index (χ4v) is 3.06. The molecule has 0 aliphatic rings. The van der Waals surface area contributed by atoms with Crippen LogP contribution in [0.15, 0.2) is 88.4 Å². The summed E-state index contributed by atoms with van der Waals surface area (Å²) in [6.45, 7) is 0.0110. The number of rotatable bonds is 8. The lowest BCUT2D eigenvalue weighted by molar-refractivity contribution is -0.139. The molecule has 0 atom stereocenters. The van der Waals surface area contributed by atoms with Crippen molar-refractivity contribution in [1.29, 1.82) is 0 Å². The van der Waals surface area contributed by atoms with Crippen LogP contribution in [0.2, 0.25) is 0 Å². The predicted molar refractivity (Wildman–Crippen MR) is 129 cm³/mol. The van der Waals surface area contributed by atoms with E-state index in [1.165, 1.54) is 6.21 Å². The molecule has 0 unspecified atom stereocenters. The number of hydrazone groups is 1. The normalized spacial score (nSPS) is 10.5. The number of hydrogen-bond donors (Lipinski definition) is 3. The van der Waals surface area contributed by atoms with E-state index in [1.807, 2.05) is 48.5 Å². The molecule has 0 spiro atoms. The van der Waals surface area contributed by atoms with Crippen LogP contribution in [0.5, 0.6) is 5.75 Å². The van der Waals surface area contributed by atoms with Crippen LogP contribution in [0.3, 0.4) is 0 Å². The molecule has 3 aromatic rings. The number of benzene rings is 3. The van der Waals surface area contributed by atoms with Gasteiger partial charge in [-0.1, -0.05) is 64.5 Å². The molecule has 0 aliphatic carbocycles. The van der Waals surface area contributed by atoms with Crippen molar-refractivity contribution in [2.75, 3.05) is 11.9 Å². The quantitative estimate of drug-likeness (QED) is 0.246. The Morgan fingerprint density at radius 2 is 1.61 bits per heavy atom. The highest BCUT2D eigenvalue weighted by molar-refractivity contribution is 9.10. The zero-order chi connectivity index (χ0) is 23.5. The summed E-state index contributed by atoms with van der Waals surface area (Å²) >= 11 is 3.36. The number of amides is 3. The number of anilines is 1. The largest absolute Gasteiger partial charge is 0.483 e. The monoisotopic (exact) mass is 508 g/mol. The van der Waals surface area contributed by atoms with Crippen LogP contribution in [0.1, 0.15) is 11.1 Å². The molecule has 0 heterocycles. The summed E-state index contributed by atoms with van der Waals surface area (Å²) in [4.78, 5) is 36.0. The molecule has 9 heteroatoms. The number of carbonyl (C=O) groups excluding carboxylic acids is 3. The Morgan fingerprint density at radius 1 is 0.909 bits per heavy atom. The van der Waals surface area contributed by atoms with Crippen LogP contribution in [0, 0.1) is 0 Å². The third-order valence-electron chi connectivity index (χ3n) is 4.26. The Bertz CT molecular complexity index is 1140. The average molecular weight is 509 g/mol. The summed E-state index contributed by atoms with van der Waals surface area (Å²) in [6, 6.07) is 23.4. The van der Waals surface area contributed by atoms with E-state index in [0.29, 0.717) is 17.0 Å². The van der Waals surface area contributed by atoms with Crippen molar-refractivity contribution in [3.05, 3.63) is 94.5 Å². The lowest BCUT2D eigenvalue weighted by Crippen LogP contribution is -2.37. The van der Waals surface area contributed by atoms with E-state index in [4.69, 9.17) is 4.74 Å². The fourth-order valence-electron chi connectivity index (χ4n) is 2.68. The van der Waals surface area contributed by atoms with Crippen molar-refractivity contribution in [3.63, 3.8) is 0 Å². The van der Waals surface area contributed by atoms with Gasteiger partial charge in [0.25, 0.3) is 5.91 Å². The Kier molecular flexibility index (Phi) is 8.72. The number of carbonyl (C=O) groups is 3. The second kappa shape index (κ2) is 12.2. The molecule has 3 rings (SSSR count). The molecule has 0 fully saturated rings. The molecule has 3 amide bonds. The molecule has 8 nitrogen and oxygen atoms in total. The average Bonchev–Trinajstić information content (AvgIpc) is 2.83. The summed E-state index contributed by atoms with van der Waals surface area (Å²) in [5.41, 5.74) is 4.22. The summed E-state index contributed by atoms with van der Waals surface area (Å²) in [6.07, 6.45) is 1.33. The summed E-state index contributed by atoms with van der Waals surface area (Å²) in [5, 5.41) is 9.08. The molecule has 0 bridgehead atoms. The number of nitrogens with one attached hydrogen (secondary N) is 3. The van der Waals surface area contributed by atoms with Gasteiger partial charge in [0.05, 0.1) is 6.21 Å². The number of nitrogens with zero attached hydrogens (tertiary/aromatic N) is 1. The van der Waals surface area contributed by atoms with E-state index in [0.717, 1.165) is 10.0 Å². The van der Waals surface area contributed by atoms with Crippen molar-refractivity contribution in [2.24, 2.45) is 5.10 Å². The lowest BCUT2D eigenvalue weighted by atomic mass is 10.2. The second-order valence-corrected chi connectivity index (χ2v) is 7.67. The van der Waals surface area contributed by atoms with Gasteiger partial charge in [0, 0.05) is 22.3 Å². The zero-order valence-electron chi connectivity index (χ0n) is 17.5. The van der Waals surface area contributed by atoms with Gasteiger partial charge >= 0.3 is 11.8 Å². The van der Waals surface area contributed by atoms with Gasteiger partial charge in [-0.05, 0) is 35.9 Å². The topological polar surface area (TPSA) is 109 Å². The van der Waals surface area contributed by atoms with Gasteiger partial charge in [-0.3, -0.25) is 14.4 Å². The van der Waals surface area contributed by atoms with E-state index in [9.17, 15) is 14.4 Å². The zero-order valence-corrected chi connectivity index (χ0v) is 19.0. The van der Waals surface area contributed by atoms with Gasteiger partial charge in [-0.25, -0.2) is 5.43 Å². The second-order valence-electron chi connectivity index (χ2n) is 6.75. The Labute approximate surface area is 199 Å². The van der Waals surface area contributed by atoms with Crippen molar-refractivity contribution < 1.29 is 19.1 Å². The van der Waals surface area contributed by atoms with Crippen LogP contribution in [-0.4, -0.2) is 30.5 Å². The van der Waals surface area contributed by atoms with Crippen LogP contribution in [0.25, 0.3) is 0 Å². The molecule has 0 radical (unpaired) electrons. The van der Waals surface area contributed by atoms with Gasteiger partial charge < -0.3 is 15.4 Å². The molecule has 3 aromatic carbocycles. The van der Waals surface area contributed by atoms with Gasteiger partial charge in [0.1, 0.15) is 5.75 Å². The van der Waals surface area contributed by atoms with Crippen molar-refractivity contribution >= 4 is 45.6 Å². The third kappa shape index (κ3) is 7.89. The molecular formula is C24H21BrN4O4. The Morgan fingerprint density at radius 3 is 2.33 bits per heavy atom. The molecular weight excluding hydrogens is 488 g/mol. The van der Waals surface area contributed by atoms with Crippen LogP contribution in [-0.2, 0) is 20.9 Å². The van der Waals surface area contributed by atoms with E-state index >= 15 is 0 Å². The minimum atomic E-state index is -0.901. The Balaban J connectivity index is 1.53. The summed E-state index contributed by atoms with van der Waals surface area (Å²) in [7, 11) is 0. The maximum atomic E-state index is 12.1. The van der Waals surface area contributed by atoms with Gasteiger partial charge in [0.2, 0.25) is 0 Å². The first kappa shape index (κ1) is 23.7. The maximum absolute atomic E-state index is 12.1. The van der Waals surface area contributed by atoms with Crippen LogP contribution < -0.4 is 20.8 Å². The van der Waals surface area contributed by atoms with E-state index < -0.39 is 11.8 Å². The van der Waals surface area contributed by atoms with Gasteiger partial charge in [-0.15, -0.1) is 0 Å². The SMILES string of the molecule is O=C(COc1ccc(Br)cc1/C=N\NC(=O)C(=O)NCc1ccccc1)Nc1ccccc1. The van der Waals surface area contributed by atoms with Gasteiger partial charge in [0.15, 0.2) is 6.61 Å². The highest BCUT2D eigenvalue weighted by Crippen LogP contribution is 2.22. The number of hydrogen-bond acceptors (Lipinski definition) is 5. The molecule has 0 aliphatic heterocycles. The van der Waals surface area contributed by atoms with Crippen molar-refractivity contribution in [3.8, 4) is 5.75 Å². The molecule has 0 saturated heterocycles. The van der Waals surface area contributed by atoms with Crippen LogP contribution >= 0.6 is 15.9 Å². The lowest BCUT2D eigenvalue weighted by Gasteiger charge is -2.10. The third-order valence-corrected chi connectivity index (χ3v) is 4.75. The predicted octanol–water partition coefficient (Wildman–Crippen LogP) is 3.23. The standard InChI is InChI=1S/C24H21BrN4O4/c25-19-11-12-21(33-16-22(30)28-20-9-5-2-6-10-20)18(13-19)15-27-29-24(32)23(31)26-14-17-7-3-1-4-8-17/h1-13,15H,14,16H2,(H,26,31)(H,28,30)(H,29,32)/b27-15-. The first-order valence-corrected chi connectivity index (χ1v) is 10.7. The summed E-state index contributed by atoms with van der Waals surface area (Å²) in [5.74, 6) is -1.65. The minimum Gasteiger partial charge on any atom is -0.483 e. The number of para-hydroxylation sites is 1. The summed E-state index contributed by atoms with van der Waals surface area (Å²) < 4.78 is 6.35. The van der Waals surface area contributed by atoms with Gasteiger partial charge in [-0.2, -0.15) is 5.10 Å². The molecule has 0 saturated carbocycles. The fraction of sp³-hybridized carbons (Fsp3) is 0.0833. The van der Waals surface area contributed by atoms with E-state index in [1.54, 1.807) is 30.3 Å². The van der Waals surface area contributed by atoms with Crippen molar-refractivity contribution in [2.45, 2.75) is 6.54 Å². The smallest absolute Gasteiger partial charge is 0.329 e. The maximum Gasteiger partial charge on any atom is 0.329 e. The first-order chi connectivity index (χ1) is 16.0. The van der Waals surface area contributed by atoms with E-state index in [2.05, 4.69) is 37.1 Å². The molecule has 0 aromatic heterocycles.